The van der Waals surface area contributed by atoms with Gasteiger partial charge in [0.1, 0.15) is 5.75 Å². The van der Waals surface area contributed by atoms with Crippen molar-refractivity contribution >= 4 is 11.5 Å². The minimum Gasteiger partial charge on any atom is -0.496 e. The molecule has 0 N–H and O–H groups in total. The average Bonchev–Trinajstić information content (AvgIpc) is 2.48. The van der Waals surface area contributed by atoms with Crippen molar-refractivity contribution in [2.24, 2.45) is 0 Å². The molecule has 20 heavy (non-hydrogen) atoms. The number of ether oxygens (including phenoxy) is 1. The molecule has 0 saturated carbocycles. The summed E-state index contributed by atoms with van der Waals surface area (Å²) in [5, 5.41) is 10.8. The molecule has 0 aromatic heterocycles. The third-order valence-corrected chi connectivity index (χ3v) is 2.92. The quantitative estimate of drug-likeness (QED) is 0.476. The molecule has 0 aliphatic carbocycles. The summed E-state index contributed by atoms with van der Waals surface area (Å²) in [6, 6.07) is 13.0. The smallest absolute Gasteiger partial charge is 0.269 e. The van der Waals surface area contributed by atoms with Crippen LogP contribution >= 0.6 is 0 Å². The molecule has 0 heterocycles. The van der Waals surface area contributed by atoms with Gasteiger partial charge in [0.2, 0.25) is 0 Å². The Kier molecular flexibility index (Phi) is 4.10. The van der Waals surface area contributed by atoms with Gasteiger partial charge >= 0.3 is 0 Å². The van der Waals surface area contributed by atoms with Crippen molar-refractivity contribution in [1.29, 1.82) is 0 Å². The normalized spacial score (nSPS) is 10.1. The zero-order chi connectivity index (χ0) is 14.5. The zero-order valence-electron chi connectivity index (χ0n) is 10.9. The van der Waals surface area contributed by atoms with Gasteiger partial charge in [-0.1, -0.05) is 30.3 Å². The van der Waals surface area contributed by atoms with Gasteiger partial charge in [0.05, 0.1) is 12.0 Å². The van der Waals surface area contributed by atoms with Crippen molar-refractivity contribution in [3.8, 4) is 5.75 Å². The minimum absolute atomic E-state index is 0.0540. The van der Waals surface area contributed by atoms with Gasteiger partial charge in [-0.2, -0.15) is 0 Å². The van der Waals surface area contributed by atoms with E-state index in [9.17, 15) is 14.9 Å². The lowest BCUT2D eigenvalue weighted by Crippen LogP contribution is -2.05. The van der Waals surface area contributed by atoms with Gasteiger partial charge in [-0.15, -0.1) is 0 Å². The fourth-order valence-electron chi connectivity index (χ4n) is 1.92. The molecule has 102 valence electrons. The molecular weight excluding hydrogens is 258 g/mol. The molecule has 0 fully saturated rings. The Morgan fingerprint density at radius 1 is 1.20 bits per heavy atom. The number of ketones is 1. The third-order valence-electron chi connectivity index (χ3n) is 2.92. The van der Waals surface area contributed by atoms with Gasteiger partial charge in [-0.25, -0.2) is 0 Å². The summed E-state index contributed by atoms with van der Waals surface area (Å²) in [6.45, 7) is 0. The van der Waals surface area contributed by atoms with E-state index in [2.05, 4.69) is 0 Å². The van der Waals surface area contributed by atoms with Crippen LogP contribution in [-0.4, -0.2) is 17.8 Å². The number of methoxy groups -OCH3 is 1. The van der Waals surface area contributed by atoms with Gasteiger partial charge in [0.15, 0.2) is 5.78 Å². The molecule has 0 amide bonds. The third kappa shape index (κ3) is 3.00. The number of nitro groups is 1. The molecule has 2 rings (SSSR count). The van der Waals surface area contributed by atoms with E-state index in [-0.39, 0.29) is 17.9 Å². The van der Waals surface area contributed by atoms with Crippen LogP contribution < -0.4 is 4.74 Å². The number of hydrogen-bond donors (Lipinski definition) is 0. The Bertz CT molecular complexity index is 638. The summed E-state index contributed by atoms with van der Waals surface area (Å²) in [4.78, 5) is 22.4. The number of rotatable bonds is 5. The number of non-ortho nitro benzene ring substituents is 1. The molecule has 0 aliphatic rings. The summed E-state index contributed by atoms with van der Waals surface area (Å²) in [7, 11) is 1.47. The van der Waals surface area contributed by atoms with Gasteiger partial charge in [-0.05, 0) is 6.07 Å². The summed E-state index contributed by atoms with van der Waals surface area (Å²) in [5.74, 6) is 0.365. The minimum atomic E-state index is -0.490. The van der Waals surface area contributed by atoms with Gasteiger partial charge < -0.3 is 4.74 Å². The monoisotopic (exact) mass is 271 g/mol. The van der Waals surface area contributed by atoms with Crippen LogP contribution in [0.15, 0.2) is 48.5 Å². The maximum atomic E-state index is 12.1. The Labute approximate surface area is 116 Å². The van der Waals surface area contributed by atoms with E-state index in [0.29, 0.717) is 16.9 Å². The van der Waals surface area contributed by atoms with E-state index in [1.807, 2.05) is 6.07 Å². The predicted molar refractivity (Wildman–Crippen MR) is 74.1 cm³/mol. The van der Waals surface area contributed by atoms with E-state index >= 15 is 0 Å². The Morgan fingerprint density at radius 2 is 1.90 bits per heavy atom. The van der Waals surface area contributed by atoms with E-state index in [4.69, 9.17) is 4.74 Å². The SMILES string of the molecule is COc1ccc([N+](=O)[O-])cc1CC(=O)c1ccccc1. The van der Waals surface area contributed by atoms with Gasteiger partial charge in [-0.3, -0.25) is 14.9 Å². The van der Waals surface area contributed by atoms with Crippen molar-refractivity contribution in [3.63, 3.8) is 0 Å². The summed E-state index contributed by atoms with van der Waals surface area (Å²) >= 11 is 0. The first-order valence-corrected chi connectivity index (χ1v) is 6.01. The van der Waals surface area contributed by atoms with E-state index < -0.39 is 4.92 Å². The number of carbonyl (C=O) groups is 1. The molecule has 0 unspecified atom stereocenters. The maximum absolute atomic E-state index is 12.1. The van der Waals surface area contributed by atoms with Crippen molar-refractivity contribution < 1.29 is 14.5 Å². The molecule has 5 heteroatoms. The lowest BCUT2D eigenvalue weighted by molar-refractivity contribution is -0.384. The fraction of sp³-hybridized carbons (Fsp3) is 0.133. The largest absolute Gasteiger partial charge is 0.496 e. The van der Waals surface area contributed by atoms with Crippen molar-refractivity contribution in [2.75, 3.05) is 7.11 Å². The van der Waals surface area contributed by atoms with Crippen LogP contribution in [0.4, 0.5) is 5.69 Å². The Balaban J connectivity index is 2.30. The van der Waals surface area contributed by atoms with Crippen LogP contribution in [0, 0.1) is 10.1 Å². The van der Waals surface area contributed by atoms with Crippen LogP contribution in [0.2, 0.25) is 0 Å². The number of nitro benzene ring substituents is 1. The van der Waals surface area contributed by atoms with E-state index in [1.165, 1.54) is 25.3 Å². The highest BCUT2D eigenvalue weighted by atomic mass is 16.6. The highest BCUT2D eigenvalue weighted by Gasteiger charge is 2.15. The molecule has 0 saturated heterocycles. The lowest BCUT2D eigenvalue weighted by Gasteiger charge is -2.07. The molecule has 2 aromatic rings. The standard InChI is InChI=1S/C15H13NO4/c1-20-15-8-7-13(16(18)19)9-12(15)10-14(17)11-5-3-2-4-6-11/h2-9H,10H2,1H3. The van der Waals surface area contributed by atoms with E-state index in [0.717, 1.165) is 0 Å². The molecule has 0 atom stereocenters. The number of benzene rings is 2. The topological polar surface area (TPSA) is 69.4 Å². The Morgan fingerprint density at radius 3 is 2.50 bits per heavy atom. The summed E-state index contributed by atoms with van der Waals surface area (Å²) in [6.07, 6.45) is 0.0644. The predicted octanol–water partition coefficient (Wildman–Crippen LogP) is 3.03. The Hall–Kier alpha value is -2.69. The first-order valence-electron chi connectivity index (χ1n) is 6.01. The fourth-order valence-corrected chi connectivity index (χ4v) is 1.92. The van der Waals surface area contributed by atoms with Crippen LogP contribution in [0.3, 0.4) is 0 Å². The molecule has 0 spiro atoms. The van der Waals surface area contributed by atoms with Crippen molar-refractivity contribution in [2.45, 2.75) is 6.42 Å². The molecule has 0 bridgehead atoms. The first-order chi connectivity index (χ1) is 9.61. The van der Waals surface area contributed by atoms with Crippen LogP contribution in [-0.2, 0) is 6.42 Å². The molecule has 0 aliphatic heterocycles. The number of Topliss-reactive ketones (excluding diaryl/α,β-unsaturated/α-hetero) is 1. The molecule has 0 radical (unpaired) electrons. The number of carbonyl (C=O) groups excluding carboxylic acids is 1. The highest BCUT2D eigenvalue weighted by molar-refractivity contribution is 5.97. The lowest BCUT2D eigenvalue weighted by atomic mass is 10.0. The van der Waals surface area contributed by atoms with E-state index in [1.54, 1.807) is 24.3 Å². The van der Waals surface area contributed by atoms with Crippen LogP contribution in [0.25, 0.3) is 0 Å². The number of hydrogen-bond acceptors (Lipinski definition) is 4. The van der Waals surface area contributed by atoms with Crippen LogP contribution in [0.5, 0.6) is 5.75 Å². The summed E-state index contributed by atoms with van der Waals surface area (Å²) < 4.78 is 5.14. The second kappa shape index (κ2) is 5.97. The van der Waals surface area contributed by atoms with Crippen LogP contribution in [0.1, 0.15) is 15.9 Å². The van der Waals surface area contributed by atoms with Crippen molar-refractivity contribution in [3.05, 3.63) is 69.8 Å². The molecule has 2 aromatic carbocycles. The molecule has 5 nitrogen and oxygen atoms in total. The second-order valence-corrected chi connectivity index (χ2v) is 4.22. The first kappa shape index (κ1) is 13.7. The molecular formula is C15H13NO4. The average molecular weight is 271 g/mol. The van der Waals surface area contributed by atoms with Gasteiger partial charge in [0, 0.05) is 29.7 Å². The van der Waals surface area contributed by atoms with Crippen molar-refractivity contribution in [1.82, 2.24) is 0 Å². The maximum Gasteiger partial charge on any atom is 0.269 e. The van der Waals surface area contributed by atoms with Gasteiger partial charge in [0.25, 0.3) is 5.69 Å². The second-order valence-electron chi connectivity index (χ2n) is 4.22. The highest BCUT2D eigenvalue weighted by Crippen LogP contribution is 2.25. The summed E-state index contributed by atoms with van der Waals surface area (Å²) in [5.41, 5.74) is 1.03. The number of nitrogens with zero attached hydrogens (tertiary/aromatic N) is 1. The zero-order valence-corrected chi connectivity index (χ0v) is 10.9.